The fourth-order valence-electron chi connectivity index (χ4n) is 5.15. The minimum absolute atomic E-state index is 0.0669. The van der Waals surface area contributed by atoms with Crippen molar-refractivity contribution in [2.24, 2.45) is 0 Å². The van der Waals surface area contributed by atoms with Gasteiger partial charge in [0.15, 0.2) is 0 Å². The summed E-state index contributed by atoms with van der Waals surface area (Å²) < 4.78 is 11.5. The summed E-state index contributed by atoms with van der Waals surface area (Å²) in [7, 11) is 0. The van der Waals surface area contributed by atoms with Gasteiger partial charge in [-0.15, -0.1) is 0 Å². The Hall–Kier alpha value is -3.32. The van der Waals surface area contributed by atoms with Gasteiger partial charge in [0.05, 0.1) is 18.2 Å². The van der Waals surface area contributed by atoms with Crippen LogP contribution in [0.2, 0.25) is 0 Å². The van der Waals surface area contributed by atoms with Crippen molar-refractivity contribution in [2.45, 2.75) is 59.1 Å². The lowest BCUT2D eigenvalue weighted by atomic mass is 9.94. The zero-order valence-electron chi connectivity index (χ0n) is 22.3. The molecule has 0 radical (unpaired) electrons. The van der Waals surface area contributed by atoms with Crippen molar-refractivity contribution in [1.82, 2.24) is 9.80 Å². The first-order valence-corrected chi connectivity index (χ1v) is 13.4. The minimum Gasteiger partial charge on any atom is -0.507 e. The van der Waals surface area contributed by atoms with E-state index in [0.29, 0.717) is 18.7 Å². The molecule has 0 spiro atoms. The van der Waals surface area contributed by atoms with Crippen molar-refractivity contribution in [1.29, 1.82) is 0 Å². The molecule has 1 N–H and O–H groups in total. The van der Waals surface area contributed by atoms with Crippen molar-refractivity contribution < 1.29 is 24.2 Å². The van der Waals surface area contributed by atoms with Crippen LogP contribution in [0.4, 0.5) is 0 Å². The molecule has 198 valence electrons. The topological polar surface area (TPSA) is 79.3 Å². The van der Waals surface area contributed by atoms with Gasteiger partial charge >= 0.3 is 0 Å². The molecule has 7 heteroatoms. The Labute approximate surface area is 219 Å². The molecule has 2 heterocycles. The molecule has 7 nitrogen and oxygen atoms in total. The van der Waals surface area contributed by atoms with Gasteiger partial charge in [-0.1, -0.05) is 32.9 Å². The number of hydrogen-bond acceptors (Lipinski definition) is 6. The molecule has 0 saturated carbocycles. The number of fused-ring (bicyclic) bond motifs is 1. The third kappa shape index (κ3) is 5.67. The largest absolute Gasteiger partial charge is 0.507 e. The Morgan fingerprint density at radius 2 is 1.84 bits per heavy atom. The summed E-state index contributed by atoms with van der Waals surface area (Å²) in [5.74, 6) is 0.150. The van der Waals surface area contributed by atoms with E-state index in [-0.39, 0.29) is 17.4 Å². The quantitative estimate of drug-likeness (QED) is 0.264. The van der Waals surface area contributed by atoms with Gasteiger partial charge in [0.1, 0.15) is 23.4 Å². The van der Waals surface area contributed by atoms with Gasteiger partial charge in [-0.2, -0.15) is 0 Å². The van der Waals surface area contributed by atoms with E-state index in [2.05, 4.69) is 18.7 Å². The smallest absolute Gasteiger partial charge is 0.295 e. The third-order valence-corrected chi connectivity index (χ3v) is 7.15. The Morgan fingerprint density at radius 1 is 1.11 bits per heavy atom. The lowest BCUT2D eigenvalue weighted by Crippen LogP contribution is -2.33. The first-order valence-electron chi connectivity index (χ1n) is 13.4. The van der Waals surface area contributed by atoms with Gasteiger partial charge in [0, 0.05) is 18.5 Å². The highest BCUT2D eigenvalue weighted by molar-refractivity contribution is 6.46. The molecule has 2 aromatic rings. The van der Waals surface area contributed by atoms with Crippen LogP contribution >= 0.6 is 0 Å². The number of likely N-dealkylation sites (tertiary alicyclic amines) is 1. The molecular weight excluding hydrogens is 468 g/mol. The average Bonchev–Trinajstić information content (AvgIpc) is 3.40. The maximum absolute atomic E-state index is 13.3. The van der Waals surface area contributed by atoms with E-state index >= 15 is 0 Å². The number of rotatable bonds is 11. The fourth-order valence-corrected chi connectivity index (χ4v) is 5.15. The van der Waals surface area contributed by atoms with E-state index in [4.69, 9.17) is 9.47 Å². The normalized spacial score (nSPS) is 20.4. The molecule has 1 fully saturated rings. The van der Waals surface area contributed by atoms with Crippen LogP contribution < -0.4 is 9.47 Å². The summed E-state index contributed by atoms with van der Waals surface area (Å²) in [5, 5.41) is 11.4. The van der Waals surface area contributed by atoms with Crippen LogP contribution in [0.1, 0.15) is 63.3 Å². The average molecular weight is 507 g/mol. The van der Waals surface area contributed by atoms with Crippen molar-refractivity contribution in [3.05, 3.63) is 64.7 Å². The van der Waals surface area contributed by atoms with Crippen molar-refractivity contribution in [3.63, 3.8) is 0 Å². The predicted octanol–water partition coefficient (Wildman–Crippen LogP) is 4.95. The summed E-state index contributed by atoms with van der Waals surface area (Å²) >= 11 is 0. The zero-order chi connectivity index (χ0) is 26.5. The zero-order valence-corrected chi connectivity index (χ0v) is 22.3. The van der Waals surface area contributed by atoms with Crippen LogP contribution in [-0.2, 0) is 16.0 Å². The summed E-state index contributed by atoms with van der Waals surface area (Å²) in [4.78, 5) is 30.5. The molecule has 0 bridgehead atoms. The van der Waals surface area contributed by atoms with Crippen LogP contribution in [0.5, 0.6) is 11.5 Å². The van der Waals surface area contributed by atoms with Gasteiger partial charge < -0.3 is 24.4 Å². The van der Waals surface area contributed by atoms with E-state index in [9.17, 15) is 14.7 Å². The second-order valence-corrected chi connectivity index (χ2v) is 9.75. The lowest BCUT2D eigenvalue weighted by molar-refractivity contribution is -0.140. The molecule has 2 atom stereocenters. The van der Waals surface area contributed by atoms with Gasteiger partial charge in [0.25, 0.3) is 11.7 Å². The number of hydrogen-bond donors (Lipinski definition) is 1. The molecule has 37 heavy (non-hydrogen) atoms. The molecule has 1 amide bonds. The van der Waals surface area contributed by atoms with Gasteiger partial charge in [0.2, 0.25) is 0 Å². The van der Waals surface area contributed by atoms with Gasteiger partial charge in [-0.05, 0) is 80.9 Å². The second-order valence-electron chi connectivity index (χ2n) is 9.75. The van der Waals surface area contributed by atoms with Crippen LogP contribution in [0.3, 0.4) is 0 Å². The molecule has 0 aromatic heterocycles. The SMILES string of the molecule is CCCOc1ccc([C@@H]2C(=C(O)c3ccc4c(c3)C[C@@H](C)O4)C(=O)C(=O)N2CCCN(CC)CC)cc1. The number of aliphatic hydroxyl groups is 1. The number of carbonyl (C=O) groups is 2. The van der Waals surface area contributed by atoms with Crippen LogP contribution in [0.25, 0.3) is 5.76 Å². The lowest BCUT2D eigenvalue weighted by Gasteiger charge is -2.27. The summed E-state index contributed by atoms with van der Waals surface area (Å²) in [6, 6.07) is 12.2. The molecule has 4 rings (SSSR count). The van der Waals surface area contributed by atoms with Crippen molar-refractivity contribution in [3.8, 4) is 11.5 Å². The Bertz CT molecular complexity index is 1150. The van der Waals surface area contributed by atoms with E-state index in [0.717, 1.165) is 61.5 Å². The fraction of sp³-hybridized carbons (Fsp3) is 0.467. The van der Waals surface area contributed by atoms with E-state index in [1.807, 2.05) is 50.2 Å². The maximum atomic E-state index is 13.3. The summed E-state index contributed by atoms with van der Waals surface area (Å²) in [6.07, 6.45) is 2.44. The predicted molar refractivity (Wildman–Crippen MR) is 144 cm³/mol. The highest BCUT2D eigenvalue weighted by atomic mass is 16.5. The number of ether oxygens (including phenoxy) is 2. The van der Waals surface area contributed by atoms with Crippen LogP contribution in [0.15, 0.2) is 48.0 Å². The Morgan fingerprint density at radius 3 is 2.51 bits per heavy atom. The molecule has 2 aliphatic rings. The molecule has 0 unspecified atom stereocenters. The summed E-state index contributed by atoms with van der Waals surface area (Å²) in [6.45, 7) is 12.0. The van der Waals surface area contributed by atoms with E-state index in [1.54, 1.807) is 11.0 Å². The van der Waals surface area contributed by atoms with E-state index < -0.39 is 17.7 Å². The van der Waals surface area contributed by atoms with Gasteiger partial charge in [-0.25, -0.2) is 0 Å². The van der Waals surface area contributed by atoms with E-state index in [1.165, 1.54) is 0 Å². The monoisotopic (exact) mass is 506 g/mol. The van der Waals surface area contributed by atoms with Crippen molar-refractivity contribution in [2.75, 3.05) is 32.8 Å². The molecule has 2 aromatic carbocycles. The Kier molecular flexibility index (Phi) is 8.54. The number of amides is 1. The maximum Gasteiger partial charge on any atom is 0.295 e. The number of ketones is 1. The number of Topliss-reactive ketones (excluding diaryl/α,β-unsaturated/α-hetero) is 1. The highest BCUT2D eigenvalue weighted by Gasteiger charge is 2.46. The van der Waals surface area contributed by atoms with Crippen LogP contribution in [0, 0.1) is 0 Å². The minimum atomic E-state index is -0.666. The highest BCUT2D eigenvalue weighted by Crippen LogP contribution is 2.41. The second kappa shape index (κ2) is 11.8. The van der Waals surface area contributed by atoms with Crippen molar-refractivity contribution >= 4 is 17.4 Å². The Balaban J connectivity index is 1.71. The van der Waals surface area contributed by atoms with Gasteiger partial charge in [-0.3, -0.25) is 9.59 Å². The van der Waals surface area contributed by atoms with Crippen LogP contribution in [-0.4, -0.2) is 65.5 Å². The molecular formula is C30H38N2O5. The third-order valence-electron chi connectivity index (χ3n) is 7.15. The number of aliphatic hydroxyl groups excluding tert-OH is 1. The standard InChI is InChI=1S/C30H38N2O5/c1-5-17-36-24-12-9-21(10-13-24)27-26(28(33)22-11-14-25-23(19-22)18-20(4)37-25)29(34)30(35)32(27)16-8-15-31(6-2)7-3/h9-14,19-20,27,33H,5-8,15-18H2,1-4H3/t20-,27-/m1/s1. The molecule has 1 saturated heterocycles. The summed E-state index contributed by atoms with van der Waals surface area (Å²) in [5.41, 5.74) is 2.40. The number of carbonyl (C=O) groups excluding carboxylic acids is 2. The number of benzene rings is 2. The molecule has 2 aliphatic heterocycles. The first kappa shape index (κ1) is 26.7. The number of nitrogens with zero attached hydrogens (tertiary/aromatic N) is 2. The first-order chi connectivity index (χ1) is 17.9. The molecule has 0 aliphatic carbocycles.